The summed E-state index contributed by atoms with van der Waals surface area (Å²) < 4.78 is 0. The third-order valence-corrected chi connectivity index (χ3v) is 1.97. The van der Waals surface area contributed by atoms with E-state index in [4.69, 9.17) is 6.42 Å². The van der Waals surface area contributed by atoms with E-state index >= 15 is 0 Å². The number of rotatable bonds is 6. The summed E-state index contributed by atoms with van der Waals surface area (Å²) in [6.07, 6.45) is 5.94. The number of hydrogen-bond donors (Lipinski definition) is 1. The highest BCUT2D eigenvalue weighted by Gasteiger charge is 2.00. The van der Waals surface area contributed by atoms with Gasteiger partial charge >= 0.3 is 0 Å². The van der Waals surface area contributed by atoms with E-state index < -0.39 is 0 Å². The molecule has 0 bridgehead atoms. The van der Waals surface area contributed by atoms with Crippen molar-refractivity contribution < 1.29 is 0 Å². The molecule has 0 aromatic rings. The lowest BCUT2D eigenvalue weighted by atomic mass is 10.3. The van der Waals surface area contributed by atoms with Crippen LogP contribution in [0.15, 0.2) is 0 Å². The maximum Gasteiger partial charge on any atom is 0.0211 e. The van der Waals surface area contributed by atoms with Gasteiger partial charge in [-0.1, -0.05) is 0 Å². The molecule has 0 amide bonds. The number of nitrogens with zero attached hydrogens (tertiary/aromatic N) is 1. The fraction of sp³-hybridized carbons (Fsp3) is 0.800. The molecule has 0 aliphatic heterocycles. The minimum atomic E-state index is 0.624. The van der Waals surface area contributed by atoms with E-state index in [-0.39, 0.29) is 0 Å². The Bertz CT molecular complexity index is 135. The van der Waals surface area contributed by atoms with Gasteiger partial charge in [-0.3, -0.25) is 0 Å². The first kappa shape index (κ1) is 11.5. The zero-order valence-electron chi connectivity index (χ0n) is 8.43. The van der Waals surface area contributed by atoms with E-state index in [9.17, 15) is 0 Å². The molecule has 0 atom stereocenters. The SMILES string of the molecule is C#CCCNCCN(C)C(C)C. The second kappa shape index (κ2) is 7.15. The average molecular weight is 168 g/mol. The predicted octanol–water partition coefficient (Wildman–Crippen LogP) is 0.939. The Labute approximate surface area is 76.3 Å². The van der Waals surface area contributed by atoms with Gasteiger partial charge in [0.25, 0.3) is 0 Å². The predicted molar refractivity (Wildman–Crippen MR) is 54.1 cm³/mol. The maximum atomic E-state index is 5.12. The lowest BCUT2D eigenvalue weighted by molar-refractivity contribution is 0.274. The fourth-order valence-corrected chi connectivity index (χ4v) is 0.799. The van der Waals surface area contributed by atoms with Gasteiger partial charge in [0.05, 0.1) is 0 Å². The van der Waals surface area contributed by atoms with Crippen LogP contribution in [0, 0.1) is 12.3 Å². The van der Waals surface area contributed by atoms with Gasteiger partial charge in [0.1, 0.15) is 0 Å². The van der Waals surface area contributed by atoms with Gasteiger partial charge in [-0.05, 0) is 20.9 Å². The van der Waals surface area contributed by atoms with Crippen molar-refractivity contribution >= 4 is 0 Å². The fourth-order valence-electron chi connectivity index (χ4n) is 0.799. The molecule has 0 aromatic carbocycles. The molecule has 0 rings (SSSR count). The smallest absolute Gasteiger partial charge is 0.0211 e. The summed E-state index contributed by atoms with van der Waals surface area (Å²) in [5.74, 6) is 2.60. The number of terminal acetylenes is 1. The molecule has 0 saturated heterocycles. The molecule has 0 aromatic heterocycles. The Morgan fingerprint density at radius 3 is 2.58 bits per heavy atom. The van der Waals surface area contributed by atoms with E-state index in [1.54, 1.807) is 0 Å². The first-order valence-electron chi connectivity index (χ1n) is 4.53. The third kappa shape index (κ3) is 6.21. The van der Waals surface area contributed by atoms with Crippen molar-refractivity contribution in [1.82, 2.24) is 10.2 Å². The van der Waals surface area contributed by atoms with Crippen LogP contribution in [0.5, 0.6) is 0 Å². The van der Waals surface area contributed by atoms with Gasteiger partial charge in [-0.15, -0.1) is 12.3 Å². The van der Waals surface area contributed by atoms with Crippen molar-refractivity contribution in [2.75, 3.05) is 26.7 Å². The van der Waals surface area contributed by atoms with E-state index in [2.05, 4.69) is 37.0 Å². The van der Waals surface area contributed by atoms with E-state index in [1.807, 2.05) is 0 Å². The molecule has 2 nitrogen and oxygen atoms in total. The van der Waals surface area contributed by atoms with Crippen LogP contribution in [0.3, 0.4) is 0 Å². The highest BCUT2D eigenvalue weighted by atomic mass is 15.1. The van der Waals surface area contributed by atoms with Crippen LogP contribution in [0.1, 0.15) is 20.3 Å². The Hall–Kier alpha value is -0.520. The molecule has 0 fully saturated rings. The Morgan fingerprint density at radius 1 is 1.42 bits per heavy atom. The molecule has 0 saturated carbocycles. The summed E-state index contributed by atoms with van der Waals surface area (Å²) in [6.45, 7) is 7.43. The van der Waals surface area contributed by atoms with E-state index in [0.717, 1.165) is 26.1 Å². The molecule has 70 valence electrons. The van der Waals surface area contributed by atoms with Crippen LogP contribution in [-0.2, 0) is 0 Å². The highest BCUT2D eigenvalue weighted by Crippen LogP contribution is 1.90. The largest absolute Gasteiger partial charge is 0.315 e. The highest BCUT2D eigenvalue weighted by molar-refractivity contribution is 4.84. The van der Waals surface area contributed by atoms with Crippen molar-refractivity contribution in [3.8, 4) is 12.3 Å². The van der Waals surface area contributed by atoms with Crippen molar-refractivity contribution in [1.29, 1.82) is 0 Å². The molecular formula is C10H20N2. The molecular weight excluding hydrogens is 148 g/mol. The normalized spacial score (nSPS) is 10.7. The number of nitrogens with one attached hydrogen (secondary N) is 1. The van der Waals surface area contributed by atoms with E-state index in [0.29, 0.717) is 6.04 Å². The molecule has 2 heteroatoms. The van der Waals surface area contributed by atoms with Gasteiger partial charge in [0.2, 0.25) is 0 Å². The van der Waals surface area contributed by atoms with E-state index in [1.165, 1.54) is 0 Å². The van der Waals surface area contributed by atoms with Gasteiger partial charge in [0, 0.05) is 32.1 Å². The lowest BCUT2D eigenvalue weighted by Crippen LogP contribution is -2.33. The Morgan fingerprint density at radius 2 is 2.08 bits per heavy atom. The summed E-state index contributed by atoms with van der Waals surface area (Å²) in [6, 6.07) is 0.624. The number of likely N-dealkylation sites (N-methyl/N-ethyl adjacent to an activating group) is 1. The second-order valence-corrected chi connectivity index (χ2v) is 3.28. The Kier molecular flexibility index (Phi) is 6.84. The maximum absolute atomic E-state index is 5.12. The summed E-state index contributed by atoms with van der Waals surface area (Å²) in [4.78, 5) is 2.31. The van der Waals surface area contributed by atoms with Crippen LogP contribution >= 0.6 is 0 Å². The molecule has 0 heterocycles. The van der Waals surface area contributed by atoms with Crippen molar-refractivity contribution in [3.63, 3.8) is 0 Å². The van der Waals surface area contributed by atoms with Crippen LogP contribution in [-0.4, -0.2) is 37.6 Å². The summed E-state index contributed by atoms with van der Waals surface area (Å²) in [7, 11) is 2.13. The van der Waals surface area contributed by atoms with Gasteiger partial charge in [0.15, 0.2) is 0 Å². The van der Waals surface area contributed by atoms with Crippen molar-refractivity contribution in [2.24, 2.45) is 0 Å². The summed E-state index contributed by atoms with van der Waals surface area (Å²) in [5.41, 5.74) is 0. The molecule has 0 unspecified atom stereocenters. The van der Waals surface area contributed by atoms with Gasteiger partial charge < -0.3 is 10.2 Å². The van der Waals surface area contributed by atoms with Crippen LogP contribution in [0.2, 0.25) is 0 Å². The minimum Gasteiger partial charge on any atom is -0.315 e. The average Bonchev–Trinajstić information content (AvgIpc) is 2.03. The molecule has 0 aliphatic carbocycles. The zero-order chi connectivity index (χ0) is 9.40. The topological polar surface area (TPSA) is 15.3 Å². The van der Waals surface area contributed by atoms with Crippen LogP contribution in [0.25, 0.3) is 0 Å². The first-order valence-corrected chi connectivity index (χ1v) is 4.53. The third-order valence-electron chi connectivity index (χ3n) is 1.97. The van der Waals surface area contributed by atoms with Crippen LogP contribution < -0.4 is 5.32 Å². The van der Waals surface area contributed by atoms with Crippen LogP contribution in [0.4, 0.5) is 0 Å². The first-order chi connectivity index (χ1) is 5.68. The second-order valence-electron chi connectivity index (χ2n) is 3.28. The molecule has 1 N–H and O–H groups in total. The summed E-state index contributed by atoms with van der Waals surface area (Å²) in [5, 5.41) is 3.29. The zero-order valence-corrected chi connectivity index (χ0v) is 8.43. The Balaban J connectivity index is 3.15. The van der Waals surface area contributed by atoms with Crippen molar-refractivity contribution in [2.45, 2.75) is 26.3 Å². The molecule has 0 radical (unpaired) electrons. The molecule has 12 heavy (non-hydrogen) atoms. The van der Waals surface area contributed by atoms with Crippen molar-refractivity contribution in [3.05, 3.63) is 0 Å². The monoisotopic (exact) mass is 168 g/mol. The minimum absolute atomic E-state index is 0.624. The number of hydrogen-bond acceptors (Lipinski definition) is 2. The standard InChI is InChI=1S/C10H20N2/c1-5-6-7-11-8-9-12(4)10(2)3/h1,10-11H,6-9H2,2-4H3. The molecule has 0 aliphatic rings. The van der Waals surface area contributed by atoms with Gasteiger partial charge in [-0.25, -0.2) is 0 Å². The summed E-state index contributed by atoms with van der Waals surface area (Å²) >= 11 is 0. The molecule has 0 spiro atoms. The lowest BCUT2D eigenvalue weighted by Gasteiger charge is -2.20. The van der Waals surface area contributed by atoms with Gasteiger partial charge in [-0.2, -0.15) is 0 Å². The quantitative estimate of drug-likeness (QED) is 0.469.